The monoisotopic (exact) mass is 368 g/mol. The number of fused-ring (bicyclic) bond motifs is 1. The van der Waals surface area contributed by atoms with Crippen molar-refractivity contribution in [1.29, 1.82) is 0 Å². The molecule has 1 saturated carbocycles. The van der Waals surface area contributed by atoms with E-state index in [0.717, 1.165) is 29.9 Å². The van der Waals surface area contributed by atoms with Crippen molar-refractivity contribution in [1.82, 2.24) is 19.9 Å². The van der Waals surface area contributed by atoms with Crippen molar-refractivity contribution >= 4 is 23.2 Å². The zero-order valence-corrected chi connectivity index (χ0v) is 15.2. The van der Waals surface area contributed by atoms with Gasteiger partial charge in [-0.25, -0.2) is 0 Å². The molecule has 0 atom stereocenters. The highest BCUT2D eigenvalue weighted by atomic mass is 35.5. The first-order chi connectivity index (χ1) is 12.7. The van der Waals surface area contributed by atoms with E-state index in [1.807, 2.05) is 47.0 Å². The molecule has 1 amide bonds. The fourth-order valence-corrected chi connectivity index (χ4v) is 3.62. The second kappa shape index (κ2) is 7.46. The van der Waals surface area contributed by atoms with Crippen molar-refractivity contribution in [3.63, 3.8) is 0 Å². The van der Waals surface area contributed by atoms with Gasteiger partial charge in [0.15, 0.2) is 5.65 Å². The lowest BCUT2D eigenvalue weighted by Crippen LogP contribution is -2.36. The lowest BCUT2D eigenvalue weighted by Gasteiger charge is -2.22. The Morgan fingerprint density at radius 1 is 1.08 bits per heavy atom. The van der Waals surface area contributed by atoms with Crippen LogP contribution in [0.5, 0.6) is 0 Å². The molecule has 0 bridgehead atoms. The fourth-order valence-electron chi connectivity index (χ4n) is 3.49. The second-order valence-electron chi connectivity index (χ2n) is 6.87. The Bertz CT molecular complexity index is 913. The first-order valence-electron chi connectivity index (χ1n) is 9.08. The standard InChI is InChI=1S/C20H21ClN4O/c21-16-9-6-14(7-10-16)12-19-24-23-18-11-8-15(13-25(18)19)20(26)22-17-4-2-1-3-5-17/h6-11,13,17H,1-5,12H2,(H,22,26). The van der Waals surface area contributed by atoms with Gasteiger partial charge in [-0.2, -0.15) is 0 Å². The lowest BCUT2D eigenvalue weighted by molar-refractivity contribution is 0.0927. The molecule has 134 valence electrons. The van der Waals surface area contributed by atoms with E-state index in [4.69, 9.17) is 11.6 Å². The largest absolute Gasteiger partial charge is 0.349 e. The van der Waals surface area contributed by atoms with Gasteiger partial charge in [-0.15, -0.1) is 10.2 Å². The van der Waals surface area contributed by atoms with Crippen LogP contribution in [0.2, 0.25) is 5.02 Å². The Hall–Kier alpha value is -2.40. The van der Waals surface area contributed by atoms with Crippen LogP contribution < -0.4 is 5.32 Å². The molecule has 1 fully saturated rings. The molecule has 3 aromatic rings. The molecule has 5 nitrogen and oxygen atoms in total. The average Bonchev–Trinajstić information content (AvgIpc) is 3.06. The van der Waals surface area contributed by atoms with E-state index in [0.29, 0.717) is 23.0 Å². The van der Waals surface area contributed by atoms with Crippen LogP contribution in [0, 0.1) is 0 Å². The topological polar surface area (TPSA) is 59.3 Å². The first kappa shape index (κ1) is 17.0. The third-order valence-corrected chi connectivity index (χ3v) is 5.20. The Morgan fingerprint density at radius 2 is 1.85 bits per heavy atom. The van der Waals surface area contributed by atoms with Gasteiger partial charge in [-0.1, -0.05) is 43.0 Å². The predicted octanol–water partition coefficient (Wildman–Crippen LogP) is 4.04. The summed E-state index contributed by atoms with van der Waals surface area (Å²) < 4.78 is 1.89. The van der Waals surface area contributed by atoms with Crippen LogP contribution in [0.3, 0.4) is 0 Å². The number of rotatable bonds is 4. The molecule has 1 aliphatic rings. The number of benzene rings is 1. The van der Waals surface area contributed by atoms with E-state index < -0.39 is 0 Å². The zero-order chi connectivity index (χ0) is 17.9. The molecule has 1 aromatic carbocycles. The van der Waals surface area contributed by atoms with Gasteiger partial charge in [0.1, 0.15) is 5.82 Å². The third-order valence-electron chi connectivity index (χ3n) is 4.95. The highest BCUT2D eigenvalue weighted by Gasteiger charge is 2.17. The van der Waals surface area contributed by atoms with E-state index >= 15 is 0 Å². The van der Waals surface area contributed by atoms with Gasteiger partial charge in [0.2, 0.25) is 0 Å². The van der Waals surface area contributed by atoms with Gasteiger partial charge < -0.3 is 5.32 Å². The summed E-state index contributed by atoms with van der Waals surface area (Å²) in [5.41, 5.74) is 2.48. The summed E-state index contributed by atoms with van der Waals surface area (Å²) in [5, 5.41) is 12.4. The summed E-state index contributed by atoms with van der Waals surface area (Å²) in [7, 11) is 0. The van der Waals surface area contributed by atoms with Gasteiger partial charge in [-0.05, 0) is 42.7 Å². The molecule has 4 rings (SSSR count). The molecule has 1 N–H and O–H groups in total. The molecule has 26 heavy (non-hydrogen) atoms. The number of carbonyl (C=O) groups excluding carboxylic acids is 1. The maximum absolute atomic E-state index is 12.6. The zero-order valence-electron chi connectivity index (χ0n) is 14.5. The average molecular weight is 369 g/mol. The van der Waals surface area contributed by atoms with Crippen molar-refractivity contribution in [3.05, 3.63) is 64.6 Å². The maximum atomic E-state index is 12.6. The molecule has 1 aliphatic carbocycles. The second-order valence-corrected chi connectivity index (χ2v) is 7.31. The van der Waals surface area contributed by atoms with Gasteiger partial charge in [0, 0.05) is 23.7 Å². The fraction of sp³-hybridized carbons (Fsp3) is 0.350. The summed E-state index contributed by atoms with van der Waals surface area (Å²) in [6.07, 6.45) is 8.27. The lowest BCUT2D eigenvalue weighted by atomic mass is 9.95. The molecule has 6 heteroatoms. The Kier molecular flexibility index (Phi) is 4.89. The number of hydrogen-bond donors (Lipinski definition) is 1. The molecule has 0 spiro atoms. The number of nitrogens with zero attached hydrogens (tertiary/aromatic N) is 3. The van der Waals surface area contributed by atoms with Gasteiger partial charge in [-0.3, -0.25) is 9.20 Å². The normalized spacial score (nSPS) is 15.3. The quantitative estimate of drug-likeness (QED) is 0.756. The summed E-state index contributed by atoms with van der Waals surface area (Å²) in [6.45, 7) is 0. The number of hydrogen-bond acceptors (Lipinski definition) is 3. The number of pyridine rings is 1. The molecule has 0 radical (unpaired) electrons. The van der Waals surface area contributed by atoms with Gasteiger partial charge in [0.25, 0.3) is 5.91 Å². The number of amides is 1. The minimum Gasteiger partial charge on any atom is -0.349 e. The summed E-state index contributed by atoms with van der Waals surface area (Å²) in [5.74, 6) is 0.777. The van der Waals surface area contributed by atoms with Crippen molar-refractivity contribution in [2.24, 2.45) is 0 Å². The maximum Gasteiger partial charge on any atom is 0.252 e. The Balaban J connectivity index is 1.55. The van der Waals surface area contributed by atoms with Gasteiger partial charge >= 0.3 is 0 Å². The molecule has 2 heterocycles. The van der Waals surface area contributed by atoms with Crippen molar-refractivity contribution in [2.45, 2.75) is 44.6 Å². The van der Waals surface area contributed by atoms with E-state index in [-0.39, 0.29) is 5.91 Å². The summed E-state index contributed by atoms with van der Waals surface area (Å²) in [6, 6.07) is 11.6. The first-order valence-corrected chi connectivity index (χ1v) is 9.46. The van der Waals surface area contributed by atoms with Crippen molar-refractivity contribution in [2.75, 3.05) is 0 Å². The number of carbonyl (C=O) groups is 1. The molecule has 2 aromatic heterocycles. The van der Waals surface area contributed by atoms with Crippen LogP contribution in [-0.4, -0.2) is 26.5 Å². The summed E-state index contributed by atoms with van der Waals surface area (Å²) >= 11 is 5.95. The highest BCUT2D eigenvalue weighted by Crippen LogP contribution is 2.18. The molecule has 0 saturated heterocycles. The molecular weight excluding hydrogens is 348 g/mol. The predicted molar refractivity (Wildman–Crippen MR) is 102 cm³/mol. The van der Waals surface area contributed by atoms with E-state index in [9.17, 15) is 4.79 Å². The Morgan fingerprint density at radius 3 is 2.62 bits per heavy atom. The molecular formula is C20H21ClN4O. The van der Waals surface area contributed by atoms with Crippen molar-refractivity contribution < 1.29 is 4.79 Å². The third kappa shape index (κ3) is 3.73. The molecule has 0 aliphatic heterocycles. The van der Waals surface area contributed by atoms with Crippen LogP contribution in [0.15, 0.2) is 42.6 Å². The number of nitrogens with one attached hydrogen (secondary N) is 1. The SMILES string of the molecule is O=C(NC1CCCCC1)c1ccc2nnc(Cc3ccc(Cl)cc3)n2c1. The Labute approximate surface area is 157 Å². The van der Waals surface area contributed by atoms with E-state index in [1.54, 1.807) is 0 Å². The van der Waals surface area contributed by atoms with E-state index in [1.165, 1.54) is 19.3 Å². The van der Waals surface area contributed by atoms with Crippen LogP contribution in [-0.2, 0) is 6.42 Å². The number of aromatic nitrogens is 3. The van der Waals surface area contributed by atoms with Crippen molar-refractivity contribution in [3.8, 4) is 0 Å². The summed E-state index contributed by atoms with van der Waals surface area (Å²) in [4.78, 5) is 12.6. The van der Waals surface area contributed by atoms with Crippen LogP contribution in [0.4, 0.5) is 0 Å². The van der Waals surface area contributed by atoms with Crippen LogP contribution in [0.25, 0.3) is 5.65 Å². The minimum atomic E-state index is -0.0232. The highest BCUT2D eigenvalue weighted by molar-refractivity contribution is 6.30. The smallest absolute Gasteiger partial charge is 0.252 e. The molecule has 0 unspecified atom stereocenters. The van der Waals surface area contributed by atoms with Crippen LogP contribution >= 0.6 is 11.6 Å². The number of halogens is 1. The van der Waals surface area contributed by atoms with Gasteiger partial charge in [0.05, 0.1) is 5.56 Å². The minimum absolute atomic E-state index is 0.0232. The van der Waals surface area contributed by atoms with Crippen LogP contribution in [0.1, 0.15) is 53.8 Å². The van der Waals surface area contributed by atoms with E-state index in [2.05, 4.69) is 15.5 Å².